The zero-order valence-electron chi connectivity index (χ0n) is 21.2. The Morgan fingerprint density at radius 2 is 1.17 bits per heavy atom. The van der Waals surface area contributed by atoms with Crippen LogP contribution in [-0.4, -0.2) is 16.3 Å². The normalized spacial score (nSPS) is 11.5. The largest absolute Gasteiger partial charge is 0.379 e. The first-order valence-corrected chi connectivity index (χ1v) is 15.5. The van der Waals surface area contributed by atoms with Crippen LogP contribution < -0.4 is 21.2 Å². The Bertz CT molecular complexity index is 1150. The summed E-state index contributed by atoms with van der Waals surface area (Å²) in [6.45, 7) is 10.1. The highest BCUT2D eigenvalue weighted by molar-refractivity contribution is 7.80. The van der Waals surface area contributed by atoms with Crippen LogP contribution in [0.5, 0.6) is 0 Å². The highest BCUT2D eigenvalue weighted by Crippen LogP contribution is 2.48. The summed E-state index contributed by atoms with van der Waals surface area (Å²) < 4.78 is 0. The van der Waals surface area contributed by atoms with Crippen molar-refractivity contribution in [1.82, 2.24) is 4.98 Å². The SMILES string of the molecule is CC(C)P(Cc1cccc(CNc2ccccc2P(c2ccccc2)c2ccccc2)n1)C(C)C. The lowest BCUT2D eigenvalue weighted by Crippen LogP contribution is -2.23. The zero-order chi connectivity index (χ0) is 24.6. The molecule has 1 N–H and O–H groups in total. The minimum Gasteiger partial charge on any atom is -0.379 e. The Labute approximate surface area is 213 Å². The van der Waals surface area contributed by atoms with E-state index in [2.05, 4.69) is 136 Å². The first-order valence-electron chi connectivity index (χ1n) is 12.5. The molecule has 4 heteroatoms. The lowest BCUT2D eigenvalue weighted by atomic mass is 10.3. The van der Waals surface area contributed by atoms with Gasteiger partial charge in [-0.15, -0.1) is 0 Å². The van der Waals surface area contributed by atoms with Gasteiger partial charge < -0.3 is 5.32 Å². The molecule has 0 spiro atoms. The topological polar surface area (TPSA) is 24.9 Å². The Morgan fingerprint density at radius 3 is 1.77 bits per heavy atom. The molecule has 1 heterocycles. The molecule has 180 valence electrons. The van der Waals surface area contributed by atoms with E-state index in [0.29, 0.717) is 0 Å². The van der Waals surface area contributed by atoms with E-state index in [9.17, 15) is 0 Å². The molecule has 0 bridgehead atoms. The molecule has 0 aliphatic rings. The molecule has 35 heavy (non-hydrogen) atoms. The van der Waals surface area contributed by atoms with Gasteiger partial charge in [0.1, 0.15) is 0 Å². The van der Waals surface area contributed by atoms with E-state index in [1.54, 1.807) is 0 Å². The van der Waals surface area contributed by atoms with Crippen LogP contribution in [0.15, 0.2) is 103 Å². The first-order chi connectivity index (χ1) is 17.0. The second-order valence-corrected chi connectivity index (χ2v) is 15.0. The highest BCUT2D eigenvalue weighted by atomic mass is 31.1. The van der Waals surface area contributed by atoms with Crippen molar-refractivity contribution >= 4 is 37.4 Å². The summed E-state index contributed by atoms with van der Waals surface area (Å²) in [5.74, 6) is 0. The Balaban J connectivity index is 1.59. The summed E-state index contributed by atoms with van der Waals surface area (Å²) in [7, 11) is -0.726. The summed E-state index contributed by atoms with van der Waals surface area (Å²) in [5, 5.41) is 7.80. The number of nitrogens with one attached hydrogen (secondary N) is 1. The molecule has 0 aliphatic carbocycles. The molecule has 4 rings (SSSR count). The molecule has 0 aliphatic heterocycles. The monoisotopic (exact) mass is 498 g/mol. The molecule has 0 unspecified atom stereocenters. The van der Waals surface area contributed by atoms with Gasteiger partial charge in [0, 0.05) is 22.8 Å². The molecular weight excluding hydrogens is 462 g/mol. The van der Waals surface area contributed by atoms with Crippen LogP contribution >= 0.6 is 15.8 Å². The van der Waals surface area contributed by atoms with Crippen molar-refractivity contribution in [1.29, 1.82) is 0 Å². The van der Waals surface area contributed by atoms with E-state index in [1.807, 2.05) is 0 Å². The molecule has 0 saturated heterocycles. The van der Waals surface area contributed by atoms with Crippen molar-refractivity contribution in [2.45, 2.75) is 51.7 Å². The molecule has 0 atom stereocenters. The fourth-order valence-corrected chi connectivity index (χ4v) is 9.35. The number of benzene rings is 3. The Morgan fingerprint density at radius 1 is 0.629 bits per heavy atom. The second kappa shape index (κ2) is 12.4. The predicted octanol–water partition coefficient (Wildman–Crippen LogP) is 7.25. The van der Waals surface area contributed by atoms with Crippen LogP contribution in [0.4, 0.5) is 5.69 Å². The van der Waals surface area contributed by atoms with Crippen molar-refractivity contribution in [3.05, 3.63) is 115 Å². The maximum absolute atomic E-state index is 5.04. The van der Waals surface area contributed by atoms with Crippen molar-refractivity contribution in [3.8, 4) is 0 Å². The van der Waals surface area contributed by atoms with Crippen molar-refractivity contribution < 1.29 is 0 Å². The highest BCUT2D eigenvalue weighted by Gasteiger charge is 2.20. The van der Waals surface area contributed by atoms with E-state index in [0.717, 1.165) is 29.7 Å². The van der Waals surface area contributed by atoms with E-state index in [4.69, 9.17) is 4.98 Å². The van der Waals surface area contributed by atoms with Crippen molar-refractivity contribution in [2.75, 3.05) is 5.32 Å². The van der Waals surface area contributed by atoms with E-state index < -0.39 is 7.92 Å². The number of nitrogens with zero attached hydrogens (tertiary/aromatic N) is 1. The maximum atomic E-state index is 5.04. The van der Waals surface area contributed by atoms with Crippen LogP contribution in [0.1, 0.15) is 39.1 Å². The molecular formula is C31H36N2P2. The summed E-state index contributed by atoms with van der Waals surface area (Å²) in [4.78, 5) is 5.04. The van der Waals surface area contributed by atoms with Crippen LogP contribution in [0.2, 0.25) is 0 Å². The summed E-state index contributed by atoms with van der Waals surface area (Å²) in [6.07, 6.45) is 1.10. The average molecular weight is 499 g/mol. The minimum absolute atomic E-state index is 0.0661. The van der Waals surface area contributed by atoms with Gasteiger partial charge in [-0.3, -0.25) is 4.98 Å². The van der Waals surface area contributed by atoms with Crippen molar-refractivity contribution in [3.63, 3.8) is 0 Å². The molecule has 0 fully saturated rings. The molecule has 2 nitrogen and oxygen atoms in total. The fraction of sp³-hybridized carbons (Fsp3) is 0.258. The van der Waals surface area contributed by atoms with Gasteiger partial charge in [0.15, 0.2) is 0 Å². The third-order valence-electron chi connectivity index (χ3n) is 6.17. The summed E-state index contributed by atoms with van der Waals surface area (Å²) in [6, 6.07) is 37.0. The smallest absolute Gasteiger partial charge is 0.0598 e. The minimum atomic E-state index is -0.660. The fourth-order valence-electron chi connectivity index (χ4n) is 4.45. The Kier molecular flexibility index (Phi) is 9.08. The molecule has 4 aromatic rings. The third-order valence-corrected chi connectivity index (χ3v) is 12.0. The van der Waals surface area contributed by atoms with Crippen LogP contribution in [-0.2, 0) is 12.7 Å². The van der Waals surface area contributed by atoms with Gasteiger partial charge in [-0.2, -0.15) is 0 Å². The lowest BCUT2D eigenvalue weighted by molar-refractivity contribution is 0.967. The number of hydrogen-bond donors (Lipinski definition) is 1. The van der Waals surface area contributed by atoms with Crippen LogP contribution in [0, 0.1) is 0 Å². The van der Waals surface area contributed by atoms with E-state index in [1.165, 1.54) is 27.3 Å². The van der Waals surface area contributed by atoms with Gasteiger partial charge in [0.2, 0.25) is 0 Å². The van der Waals surface area contributed by atoms with Gasteiger partial charge in [-0.05, 0) is 48.0 Å². The van der Waals surface area contributed by atoms with Gasteiger partial charge in [0.05, 0.1) is 12.2 Å². The first kappa shape index (κ1) is 25.6. The average Bonchev–Trinajstić information content (AvgIpc) is 2.88. The van der Waals surface area contributed by atoms with Crippen LogP contribution in [0.3, 0.4) is 0 Å². The van der Waals surface area contributed by atoms with Crippen LogP contribution in [0.25, 0.3) is 0 Å². The zero-order valence-corrected chi connectivity index (χ0v) is 23.0. The van der Waals surface area contributed by atoms with E-state index in [-0.39, 0.29) is 7.92 Å². The third kappa shape index (κ3) is 6.78. The summed E-state index contributed by atoms with van der Waals surface area (Å²) in [5.41, 5.74) is 4.95. The van der Waals surface area contributed by atoms with Gasteiger partial charge in [0.25, 0.3) is 0 Å². The maximum Gasteiger partial charge on any atom is 0.0598 e. The molecule has 3 aromatic carbocycles. The number of aromatic nitrogens is 1. The van der Waals surface area contributed by atoms with E-state index >= 15 is 0 Å². The molecule has 1 aromatic heterocycles. The number of hydrogen-bond acceptors (Lipinski definition) is 2. The van der Waals surface area contributed by atoms with Gasteiger partial charge >= 0.3 is 0 Å². The predicted molar refractivity (Wildman–Crippen MR) is 158 cm³/mol. The molecule has 0 saturated carbocycles. The van der Waals surface area contributed by atoms with Gasteiger partial charge in [-0.1, -0.05) is 121 Å². The Hall–Kier alpha value is -2.53. The van der Waals surface area contributed by atoms with Crippen molar-refractivity contribution in [2.24, 2.45) is 0 Å². The number of para-hydroxylation sites is 1. The number of rotatable bonds is 10. The quantitative estimate of drug-likeness (QED) is 0.233. The second-order valence-electron chi connectivity index (χ2n) is 9.36. The molecule has 0 radical (unpaired) electrons. The van der Waals surface area contributed by atoms with Gasteiger partial charge in [-0.25, -0.2) is 0 Å². The summed E-state index contributed by atoms with van der Waals surface area (Å²) >= 11 is 0. The molecule has 0 amide bonds. The lowest BCUT2D eigenvalue weighted by Gasteiger charge is -2.25. The standard InChI is InChI=1S/C31H36N2P2/c1-24(2)34(25(3)4)23-27-15-13-14-26(33-27)22-32-30-20-11-12-21-31(30)35(28-16-7-5-8-17-28)29-18-9-6-10-19-29/h5-21,24-25,32H,22-23H2,1-4H3. The number of anilines is 1. The number of pyridine rings is 1.